The first-order valence-corrected chi connectivity index (χ1v) is 11.2. The molecule has 2 rings (SSSR count). The highest BCUT2D eigenvalue weighted by Gasteiger charge is 2.20. The van der Waals surface area contributed by atoms with Gasteiger partial charge in [-0.15, -0.1) is 0 Å². The third kappa shape index (κ3) is 6.98. The zero-order valence-corrected chi connectivity index (χ0v) is 18.8. The number of rotatable bonds is 10. The average molecular weight is 464 g/mol. The second-order valence-corrected chi connectivity index (χ2v) is 8.45. The Labute approximate surface area is 185 Å². The number of esters is 1. The fourth-order valence-corrected chi connectivity index (χ4v) is 3.24. The van der Waals surface area contributed by atoms with Crippen LogP contribution in [0, 0.1) is 0 Å². The molecule has 32 heavy (non-hydrogen) atoms. The molecule has 0 aliphatic carbocycles. The third-order valence-electron chi connectivity index (χ3n) is 4.19. The van der Waals surface area contributed by atoms with Gasteiger partial charge in [-0.25, -0.2) is 8.42 Å². The highest BCUT2D eigenvalue weighted by atomic mass is 32.2. The molecule has 0 spiro atoms. The summed E-state index contributed by atoms with van der Waals surface area (Å²) in [6, 6.07) is 10.2. The lowest BCUT2D eigenvalue weighted by Crippen LogP contribution is -2.34. The lowest BCUT2D eigenvalue weighted by atomic mass is 10.1. The Morgan fingerprint density at radius 2 is 1.53 bits per heavy atom. The van der Waals surface area contributed by atoms with Crippen molar-refractivity contribution in [2.75, 3.05) is 31.7 Å². The topological polar surface area (TPSA) is 137 Å². The van der Waals surface area contributed by atoms with E-state index in [-0.39, 0.29) is 11.1 Å². The zero-order chi connectivity index (χ0) is 23.9. The number of ether oxygens (including phenoxy) is 3. The summed E-state index contributed by atoms with van der Waals surface area (Å²) in [5.74, 6) is -0.989. The number of hydrogen-bond donors (Lipinski definition) is 2. The molecule has 0 fully saturated rings. The highest BCUT2D eigenvalue weighted by Crippen LogP contribution is 2.27. The summed E-state index contributed by atoms with van der Waals surface area (Å²) >= 11 is 0. The quantitative estimate of drug-likeness (QED) is 0.400. The first kappa shape index (κ1) is 24.7. The Kier molecular flexibility index (Phi) is 8.19. The van der Waals surface area contributed by atoms with E-state index in [0.717, 1.165) is 6.26 Å². The predicted octanol–water partition coefficient (Wildman–Crippen LogP) is 1.62. The van der Waals surface area contributed by atoms with Crippen molar-refractivity contribution in [1.29, 1.82) is 0 Å². The van der Waals surface area contributed by atoms with E-state index in [2.05, 4.69) is 10.0 Å². The molecule has 10 nitrogen and oxygen atoms in total. The Bertz CT molecular complexity index is 1100. The molecule has 2 aromatic rings. The number of carbonyl (C=O) groups is 3. The van der Waals surface area contributed by atoms with Gasteiger partial charge in [0.15, 0.2) is 17.6 Å². The van der Waals surface area contributed by atoms with Crippen LogP contribution in [0.3, 0.4) is 0 Å². The molecule has 0 aromatic heterocycles. The molecule has 172 valence electrons. The second kappa shape index (κ2) is 10.6. The maximum atomic E-state index is 12.4. The minimum Gasteiger partial charge on any atom is -0.493 e. The molecular weight excluding hydrogens is 440 g/mol. The largest absolute Gasteiger partial charge is 0.493 e. The van der Waals surface area contributed by atoms with Crippen molar-refractivity contribution in [2.24, 2.45) is 0 Å². The fourth-order valence-electron chi connectivity index (χ4n) is 2.68. The van der Waals surface area contributed by atoms with E-state index in [4.69, 9.17) is 14.2 Å². The number of nitrogens with one attached hydrogen (secondary N) is 2. The minimum atomic E-state index is -3.44. The van der Waals surface area contributed by atoms with Gasteiger partial charge in [-0.3, -0.25) is 19.1 Å². The Morgan fingerprint density at radius 1 is 0.938 bits per heavy atom. The second-order valence-electron chi connectivity index (χ2n) is 6.70. The van der Waals surface area contributed by atoms with Crippen LogP contribution in [0.5, 0.6) is 11.5 Å². The summed E-state index contributed by atoms with van der Waals surface area (Å²) in [4.78, 5) is 36.7. The van der Waals surface area contributed by atoms with Gasteiger partial charge in [-0.05, 0) is 49.4 Å². The van der Waals surface area contributed by atoms with Gasteiger partial charge >= 0.3 is 5.97 Å². The minimum absolute atomic E-state index is 0.235. The van der Waals surface area contributed by atoms with Crippen LogP contribution in [-0.2, 0) is 19.6 Å². The molecule has 0 saturated carbocycles. The standard InChI is InChI=1S/C21H24N2O8S/c1-13(20(25)14-5-8-16(9-6-14)23-32(4,27)28)31-19(24)12-22-21(26)15-7-10-17(29-2)18(11-15)30-3/h5-11,13,23H,12H2,1-4H3,(H,22,26). The molecule has 0 radical (unpaired) electrons. The van der Waals surface area contributed by atoms with Gasteiger partial charge in [0.25, 0.3) is 5.91 Å². The van der Waals surface area contributed by atoms with Crippen molar-refractivity contribution in [2.45, 2.75) is 13.0 Å². The van der Waals surface area contributed by atoms with Crippen LogP contribution in [0.4, 0.5) is 5.69 Å². The molecule has 1 atom stereocenters. The zero-order valence-electron chi connectivity index (χ0n) is 18.0. The van der Waals surface area contributed by atoms with Crippen LogP contribution in [-0.4, -0.2) is 59.2 Å². The summed E-state index contributed by atoms with van der Waals surface area (Å²) in [6.45, 7) is 0.959. The Hall–Kier alpha value is -3.60. The van der Waals surface area contributed by atoms with Gasteiger partial charge < -0.3 is 19.5 Å². The monoisotopic (exact) mass is 464 g/mol. The van der Waals surface area contributed by atoms with Crippen LogP contribution in [0.2, 0.25) is 0 Å². The van der Waals surface area contributed by atoms with E-state index < -0.39 is 40.3 Å². The van der Waals surface area contributed by atoms with E-state index in [9.17, 15) is 22.8 Å². The molecule has 11 heteroatoms. The van der Waals surface area contributed by atoms with Crippen LogP contribution >= 0.6 is 0 Å². The van der Waals surface area contributed by atoms with Crippen LogP contribution < -0.4 is 19.5 Å². The molecule has 0 saturated heterocycles. The van der Waals surface area contributed by atoms with Crippen LogP contribution in [0.1, 0.15) is 27.6 Å². The number of anilines is 1. The van der Waals surface area contributed by atoms with Crippen molar-refractivity contribution in [3.8, 4) is 11.5 Å². The van der Waals surface area contributed by atoms with E-state index in [0.29, 0.717) is 17.2 Å². The molecule has 1 amide bonds. The summed E-state index contributed by atoms with van der Waals surface area (Å²) in [5, 5.41) is 2.41. The molecular formula is C21H24N2O8S. The van der Waals surface area contributed by atoms with Gasteiger partial charge in [-0.2, -0.15) is 0 Å². The van der Waals surface area contributed by atoms with Gasteiger partial charge in [0, 0.05) is 16.8 Å². The number of benzene rings is 2. The molecule has 0 aliphatic rings. The Balaban J connectivity index is 1.91. The van der Waals surface area contributed by atoms with Gasteiger partial charge in [0.05, 0.1) is 20.5 Å². The molecule has 2 N–H and O–H groups in total. The highest BCUT2D eigenvalue weighted by molar-refractivity contribution is 7.92. The maximum Gasteiger partial charge on any atom is 0.326 e. The van der Waals surface area contributed by atoms with Crippen molar-refractivity contribution in [1.82, 2.24) is 5.32 Å². The van der Waals surface area contributed by atoms with Crippen LogP contribution in [0.25, 0.3) is 0 Å². The fraction of sp³-hybridized carbons (Fsp3) is 0.286. The van der Waals surface area contributed by atoms with Gasteiger partial charge in [0.1, 0.15) is 6.54 Å². The van der Waals surface area contributed by atoms with Gasteiger partial charge in [0.2, 0.25) is 15.8 Å². The molecule has 0 heterocycles. The molecule has 2 aromatic carbocycles. The third-order valence-corrected chi connectivity index (χ3v) is 4.80. The number of ketones is 1. The smallest absolute Gasteiger partial charge is 0.326 e. The first-order chi connectivity index (χ1) is 15.0. The lowest BCUT2D eigenvalue weighted by molar-refractivity contribution is -0.145. The summed E-state index contributed by atoms with van der Waals surface area (Å²) in [6.07, 6.45) is -0.0912. The van der Waals surface area contributed by atoms with Crippen molar-refractivity contribution in [3.05, 3.63) is 53.6 Å². The first-order valence-electron chi connectivity index (χ1n) is 9.36. The molecule has 0 bridgehead atoms. The number of methoxy groups -OCH3 is 2. The molecule has 0 aliphatic heterocycles. The van der Waals surface area contributed by atoms with Gasteiger partial charge in [-0.1, -0.05) is 0 Å². The number of carbonyl (C=O) groups excluding carboxylic acids is 3. The summed E-state index contributed by atoms with van der Waals surface area (Å²) < 4.78 is 40.1. The lowest BCUT2D eigenvalue weighted by Gasteiger charge is -2.14. The average Bonchev–Trinajstić information content (AvgIpc) is 2.75. The Morgan fingerprint density at radius 3 is 2.09 bits per heavy atom. The SMILES string of the molecule is COc1ccc(C(=O)NCC(=O)OC(C)C(=O)c2ccc(NS(C)(=O)=O)cc2)cc1OC. The van der Waals surface area contributed by atoms with Crippen molar-refractivity contribution >= 4 is 33.4 Å². The number of hydrogen-bond acceptors (Lipinski definition) is 8. The van der Waals surface area contributed by atoms with E-state index >= 15 is 0 Å². The predicted molar refractivity (Wildman–Crippen MR) is 117 cm³/mol. The van der Waals surface area contributed by atoms with E-state index in [1.165, 1.54) is 57.5 Å². The summed E-state index contributed by atoms with van der Waals surface area (Å²) in [7, 11) is -0.531. The number of sulfonamides is 1. The normalized spacial score (nSPS) is 11.8. The van der Waals surface area contributed by atoms with E-state index in [1.54, 1.807) is 6.07 Å². The van der Waals surface area contributed by atoms with Crippen molar-refractivity contribution < 1.29 is 37.0 Å². The van der Waals surface area contributed by atoms with Crippen LogP contribution in [0.15, 0.2) is 42.5 Å². The maximum absolute atomic E-state index is 12.4. The number of Topliss-reactive ketones (excluding diaryl/α,β-unsaturated/α-hetero) is 1. The van der Waals surface area contributed by atoms with E-state index in [1.807, 2.05) is 0 Å². The van der Waals surface area contributed by atoms with Crippen molar-refractivity contribution in [3.63, 3.8) is 0 Å². The molecule has 1 unspecified atom stereocenters. The summed E-state index contributed by atoms with van der Waals surface area (Å²) in [5.41, 5.74) is 0.785. The number of amides is 1.